The average molecular weight is 279 g/mol. The molecule has 1 aromatic carbocycles. The van der Waals surface area contributed by atoms with E-state index >= 15 is 0 Å². The molecule has 0 aliphatic rings. The number of nitrogens with zero attached hydrogens (tertiary/aromatic N) is 1. The Morgan fingerprint density at radius 2 is 2.28 bits per heavy atom. The number of hydrogen-bond donors (Lipinski definition) is 0. The fourth-order valence-corrected chi connectivity index (χ4v) is 2.99. The highest BCUT2D eigenvalue weighted by Crippen LogP contribution is 2.24. The van der Waals surface area contributed by atoms with Crippen molar-refractivity contribution in [2.45, 2.75) is 11.3 Å². The molecule has 0 fully saturated rings. The van der Waals surface area contributed by atoms with Crippen LogP contribution in [0.2, 0.25) is 0 Å². The number of thioether (sulfide) groups is 1. The number of benzene rings is 1. The second kappa shape index (κ2) is 6.56. The molecule has 0 aliphatic carbocycles. The molecule has 18 heavy (non-hydrogen) atoms. The summed E-state index contributed by atoms with van der Waals surface area (Å²) in [6.07, 6.45) is 1.74. The third-order valence-corrected chi connectivity index (χ3v) is 4.19. The van der Waals surface area contributed by atoms with Crippen LogP contribution in [0.1, 0.15) is 17.3 Å². The Morgan fingerprint density at radius 1 is 1.44 bits per heavy atom. The van der Waals surface area contributed by atoms with Crippen LogP contribution < -0.4 is 4.74 Å². The molecule has 1 aromatic heterocycles. The first-order valence-corrected chi connectivity index (χ1v) is 7.45. The summed E-state index contributed by atoms with van der Waals surface area (Å²) >= 11 is 3.00. The highest BCUT2D eigenvalue weighted by Gasteiger charge is 2.12. The van der Waals surface area contributed by atoms with E-state index in [2.05, 4.69) is 4.98 Å². The van der Waals surface area contributed by atoms with E-state index in [4.69, 9.17) is 4.74 Å². The van der Waals surface area contributed by atoms with Crippen molar-refractivity contribution in [3.8, 4) is 5.75 Å². The zero-order valence-corrected chi connectivity index (χ0v) is 11.6. The minimum atomic E-state index is 0.0688. The highest BCUT2D eigenvalue weighted by molar-refractivity contribution is 8.01. The van der Waals surface area contributed by atoms with Gasteiger partial charge in [0.1, 0.15) is 10.1 Å². The minimum absolute atomic E-state index is 0.0688. The number of aromatic nitrogens is 1. The monoisotopic (exact) mass is 279 g/mol. The van der Waals surface area contributed by atoms with Gasteiger partial charge in [-0.15, -0.1) is 11.3 Å². The number of hydrogen-bond acceptors (Lipinski definition) is 5. The molecule has 0 aliphatic heterocycles. The fraction of sp³-hybridized carbons (Fsp3) is 0.231. The predicted molar refractivity (Wildman–Crippen MR) is 74.8 cm³/mol. The van der Waals surface area contributed by atoms with Crippen LogP contribution >= 0.6 is 23.1 Å². The van der Waals surface area contributed by atoms with Gasteiger partial charge in [-0.25, -0.2) is 4.98 Å². The lowest BCUT2D eigenvalue weighted by molar-refractivity contribution is 0.101. The van der Waals surface area contributed by atoms with Crippen molar-refractivity contribution < 1.29 is 9.53 Å². The number of thiazole rings is 1. The number of rotatable bonds is 6. The number of carbonyl (C=O) groups is 1. The zero-order chi connectivity index (χ0) is 12.8. The number of para-hydroxylation sites is 1. The maximum Gasteiger partial charge on any atom is 0.176 e. The number of Topliss-reactive ketones (excluding diaryl/α,β-unsaturated/α-hetero) is 1. The number of carbonyl (C=O) groups excluding carboxylic acids is 1. The molecule has 0 saturated heterocycles. The van der Waals surface area contributed by atoms with E-state index in [9.17, 15) is 4.79 Å². The van der Waals surface area contributed by atoms with Gasteiger partial charge in [-0.1, -0.05) is 23.9 Å². The molecule has 3 nitrogen and oxygen atoms in total. The number of ether oxygens (including phenoxy) is 1. The van der Waals surface area contributed by atoms with Crippen molar-refractivity contribution >= 4 is 28.9 Å². The summed E-state index contributed by atoms with van der Waals surface area (Å²) < 4.78 is 6.37. The fourth-order valence-electron chi connectivity index (χ4n) is 1.47. The SMILES string of the molecule is CCOc1ccccc1C(=O)CSc1nccs1. The van der Waals surface area contributed by atoms with Crippen LogP contribution in [0.4, 0.5) is 0 Å². The van der Waals surface area contributed by atoms with Crippen LogP contribution in [-0.2, 0) is 0 Å². The minimum Gasteiger partial charge on any atom is -0.493 e. The Bertz CT molecular complexity index is 511. The normalized spacial score (nSPS) is 10.3. The first-order chi connectivity index (χ1) is 8.81. The maximum absolute atomic E-state index is 12.1. The highest BCUT2D eigenvalue weighted by atomic mass is 32.2. The summed E-state index contributed by atoms with van der Waals surface area (Å²) in [7, 11) is 0. The summed E-state index contributed by atoms with van der Waals surface area (Å²) in [6, 6.07) is 7.35. The van der Waals surface area contributed by atoms with Gasteiger partial charge in [0.2, 0.25) is 0 Å². The number of ketones is 1. The third-order valence-electron chi connectivity index (χ3n) is 2.22. The molecule has 0 atom stereocenters. The zero-order valence-electron chi connectivity index (χ0n) is 9.96. The van der Waals surface area contributed by atoms with Gasteiger partial charge in [-0.2, -0.15) is 0 Å². The molecule has 0 bridgehead atoms. The Labute approximate surface area is 114 Å². The van der Waals surface area contributed by atoms with Gasteiger partial charge in [-0.05, 0) is 19.1 Å². The molecule has 0 amide bonds. The molecule has 2 aromatic rings. The molecule has 1 heterocycles. The summed E-state index contributed by atoms with van der Waals surface area (Å²) in [6.45, 7) is 2.47. The van der Waals surface area contributed by atoms with Crippen molar-refractivity contribution in [3.63, 3.8) is 0 Å². The lowest BCUT2D eigenvalue weighted by Crippen LogP contribution is -2.06. The second-order valence-corrected chi connectivity index (χ2v) is 5.56. The van der Waals surface area contributed by atoms with E-state index in [-0.39, 0.29) is 5.78 Å². The van der Waals surface area contributed by atoms with Crippen LogP contribution in [0.25, 0.3) is 0 Å². The molecule has 0 spiro atoms. The molecule has 0 saturated carbocycles. The van der Waals surface area contributed by atoms with Crippen molar-refractivity contribution in [3.05, 3.63) is 41.4 Å². The van der Waals surface area contributed by atoms with E-state index in [0.29, 0.717) is 23.7 Å². The smallest absolute Gasteiger partial charge is 0.176 e. The van der Waals surface area contributed by atoms with E-state index in [1.165, 1.54) is 11.8 Å². The van der Waals surface area contributed by atoms with Gasteiger partial charge >= 0.3 is 0 Å². The second-order valence-electron chi connectivity index (χ2n) is 3.44. The Balaban J connectivity index is 2.04. The van der Waals surface area contributed by atoms with Crippen molar-refractivity contribution in [1.82, 2.24) is 4.98 Å². The van der Waals surface area contributed by atoms with E-state index in [1.807, 2.05) is 30.5 Å². The van der Waals surface area contributed by atoms with Crippen LogP contribution in [0.5, 0.6) is 5.75 Å². The molecule has 0 unspecified atom stereocenters. The summed E-state index contributed by atoms with van der Waals surface area (Å²) in [5.74, 6) is 1.11. The van der Waals surface area contributed by atoms with Gasteiger partial charge in [0.15, 0.2) is 5.78 Å². The Hall–Kier alpha value is -1.33. The van der Waals surface area contributed by atoms with E-state index in [1.54, 1.807) is 23.6 Å². The molecule has 94 valence electrons. The van der Waals surface area contributed by atoms with Gasteiger partial charge in [0.25, 0.3) is 0 Å². The van der Waals surface area contributed by atoms with Crippen molar-refractivity contribution in [2.24, 2.45) is 0 Å². The topological polar surface area (TPSA) is 39.2 Å². The average Bonchev–Trinajstić information content (AvgIpc) is 2.90. The summed E-state index contributed by atoms with van der Waals surface area (Å²) in [5, 5.41) is 1.90. The van der Waals surface area contributed by atoms with E-state index in [0.717, 1.165) is 4.34 Å². The summed E-state index contributed by atoms with van der Waals surface area (Å²) in [5.41, 5.74) is 0.642. The van der Waals surface area contributed by atoms with Gasteiger partial charge < -0.3 is 4.74 Å². The molecular formula is C13H13NO2S2. The van der Waals surface area contributed by atoms with Crippen molar-refractivity contribution in [2.75, 3.05) is 12.4 Å². The van der Waals surface area contributed by atoms with Gasteiger partial charge in [0, 0.05) is 11.6 Å². The van der Waals surface area contributed by atoms with Crippen LogP contribution in [-0.4, -0.2) is 23.1 Å². The summed E-state index contributed by atoms with van der Waals surface area (Å²) in [4.78, 5) is 16.3. The standard InChI is InChI=1S/C13H13NO2S2/c1-2-16-12-6-4-3-5-10(12)11(15)9-18-13-14-7-8-17-13/h3-8H,2,9H2,1H3. The third kappa shape index (κ3) is 3.34. The molecule has 5 heteroatoms. The first kappa shape index (κ1) is 13.1. The Kier molecular flexibility index (Phi) is 4.78. The largest absolute Gasteiger partial charge is 0.493 e. The van der Waals surface area contributed by atoms with Crippen LogP contribution in [0.15, 0.2) is 40.2 Å². The lowest BCUT2D eigenvalue weighted by atomic mass is 10.1. The molecular weight excluding hydrogens is 266 g/mol. The maximum atomic E-state index is 12.1. The van der Waals surface area contributed by atoms with E-state index < -0.39 is 0 Å². The molecule has 0 N–H and O–H groups in total. The van der Waals surface area contributed by atoms with Gasteiger partial charge in [0.05, 0.1) is 17.9 Å². The first-order valence-electron chi connectivity index (χ1n) is 5.58. The van der Waals surface area contributed by atoms with Crippen LogP contribution in [0.3, 0.4) is 0 Å². The van der Waals surface area contributed by atoms with Gasteiger partial charge in [-0.3, -0.25) is 4.79 Å². The quantitative estimate of drug-likeness (QED) is 0.599. The predicted octanol–water partition coefficient (Wildman–Crippen LogP) is 3.52. The Morgan fingerprint density at radius 3 is 3.00 bits per heavy atom. The molecule has 2 rings (SSSR count). The molecule has 0 radical (unpaired) electrons. The lowest BCUT2D eigenvalue weighted by Gasteiger charge is -2.08. The van der Waals surface area contributed by atoms with Crippen molar-refractivity contribution in [1.29, 1.82) is 0 Å². The van der Waals surface area contributed by atoms with Crippen LogP contribution in [0, 0.1) is 0 Å².